The molecule has 0 radical (unpaired) electrons. The number of nitrogens with one attached hydrogen (secondary N) is 1. The molecule has 0 amide bonds. The maximum atomic E-state index is 11.9. The summed E-state index contributed by atoms with van der Waals surface area (Å²) in [6.07, 6.45) is 4.98. The van der Waals surface area contributed by atoms with Gasteiger partial charge in [0.1, 0.15) is 11.4 Å². The highest BCUT2D eigenvalue weighted by Gasteiger charge is 2.27. The number of carbonyl (C=O) groups is 2. The topological polar surface area (TPSA) is 72.0 Å². The average molecular weight is 217 g/mol. The predicted octanol–water partition coefficient (Wildman–Crippen LogP) is 0.739. The number of ketones is 2. The van der Waals surface area contributed by atoms with Gasteiger partial charge in [-0.05, 0) is 6.42 Å². The number of nitrogens with zero attached hydrogens (tertiary/aromatic N) is 2. The van der Waals surface area contributed by atoms with Gasteiger partial charge >= 0.3 is 0 Å². The van der Waals surface area contributed by atoms with Crippen molar-refractivity contribution in [1.82, 2.24) is 15.3 Å². The highest BCUT2D eigenvalue weighted by Crippen LogP contribution is 2.15. The lowest BCUT2D eigenvalue weighted by Crippen LogP contribution is -2.28. The van der Waals surface area contributed by atoms with Crippen LogP contribution in [0.25, 0.3) is 0 Å². The van der Waals surface area contributed by atoms with Crippen molar-refractivity contribution < 1.29 is 9.59 Å². The van der Waals surface area contributed by atoms with Gasteiger partial charge in [-0.1, -0.05) is 6.92 Å². The van der Waals surface area contributed by atoms with Gasteiger partial charge in [-0.3, -0.25) is 9.59 Å². The monoisotopic (exact) mass is 217 g/mol. The Morgan fingerprint density at radius 1 is 1.19 bits per heavy atom. The maximum Gasteiger partial charge on any atom is 0.229 e. The summed E-state index contributed by atoms with van der Waals surface area (Å²) in [5, 5.41) is 2.92. The van der Waals surface area contributed by atoms with Gasteiger partial charge in [0.05, 0.1) is 5.70 Å². The van der Waals surface area contributed by atoms with Crippen LogP contribution in [0.1, 0.15) is 34.3 Å². The van der Waals surface area contributed by atoms with E-state index in [-0.39, 0.29) is 23.0 Å². The molecule has 0 bridgehead atoms. The highest BCUT2D eigenvalue weighted by molar-refractivity contribution is 6.22. The third-order valence-corrected chi connectivity index (χ3v) is 2.23. The lowest BCUT2D eigenvalue weighted by Gasteiger charge is -2.13. The number of aromatic nitrogens is 2. The molecule has 2 rings (SSSR count). The Morgan fingerprint density at radius 3 is 2.56 bits per heavy atom. The molecule has 5 heteroatoms. The van der Waals surface area contributed by atoms with Crippen molar-refractivity contribution in [3.05, 3.63) is 35.6 Å². The smallest absolute Gasteiger partial charge is 0.229 e. The Morgan fingerprint density at radius 2 is 1.88 bits per heavy atom. The molecule has 1 aromatic rings. The number of allylic oxidation sites excluding steroid dienone is 2. The molecule has 16 heavy (non-hydrogen) atoms. The number of rotatable bonds is 3. The van der Waals surface area contributed by atoms with Crippen LogP contribution in [-0.2, 0) is 0 Å². The Hall–Kier alpha value is -2.04. The Balaban J connectivity index is 2.36. The van der Waals surface area contributed by atoms with E-state index in [0.717, 1.165) is 6.42 Å². The highest BCUT2D eigenvalue weighted by atomic mass is 16.1. The van der Waals surface area contributed by atoms with Crippen LogP contribution in [0.15, 0.2) is 24.2 Å². The zero-order chi connectivity index (χ0) is 11.5. The second-order valence-electron chi connectivity index (χ2n) is 3.43. The molecule has 5 nitrogen and oxygen atoms in total. The number of fused-ring (bicyclic) bond motifs is 1. The molecule has 0 saturated carbocycles. The molecule has 0 saturated heterocycles. The molecule has 0 fully saturated rings. The second-order valence-corrected chi connectivity index (χ2v) is 3.43. The standard InChI is InChI=1S/C11H11N3O2/c1-2-3-12-7-6-8(15)9-10(11(7)16)14-5-4-13-9/h4-6,12H,2-3H2,1H3. The molecule has 1 aromatic heterocycles. The van der Waals surface area contributed by atoms with Gasteiger partial charge in [-0.25, -0.2) is 9.97 Å². The zero-order valence-electron chi connectivity index (χ0n) is 8.86. The molecular formula is C11H11N3O2. The summed E-state index contributed by atoms with van der Waals surface area (Å²) in [5.41, 5.74) is 0.572. The van der Waals surface area contributed by atoms with Gasteiger partial charge in [-0.15, -0.1) is 0 Å². The van der Waals surface area contributed by atoms with Crippen LogP contribution in [-0.4, -0.2) is 28.1 Å². The summed E-state index contributed by atoms with van der Waals surface area (Å²) in [7, 11) is 0. The van der Waals surface area contributed by atoms with Crippen molar-refractivity contribution >= 4 is 11.6 Å². The summed E-state index contributed by atoms with van der Waals surface area (Å²) in [6, 6.07) is 0. The fourth-order valence-electron chi connectivity index (χ4n) is 1.47. The third kappa shape index (κ3) is 1.71. The summed E-state index contributed by atoms with van der Waals surface area (Å²) < 4.78 is 0. The molecular weight excluding hydrogens is 206 g/mol. The van der Waals surface area contributed by atoms with Crippen LogP contribution in [0, 0.1) is 0 Å². The Bertz CT molecular complexity index is 480. The van der Waals surface area contributed by atoms with E-state index in [1.165, 1.54) is 18.5 Å². The molecule has 1 heterocycles. The normalized spacial score (nSPS) is 14.4. The van der Waals surface area contributed by atoms with E-state index in [0.29, 0.717) is 12.2 Å². The second kappa shape index (κ2) is 4.22. The summed E-state index contributed by atoms with van der Waals surface area (Å²) in [6.45, 7) is 2.64. The molecule has 0 aromatic carbocycles. The van der Waals surface area contributed by atoms with Gasteiger partial charge in [0.25, 0.3) is 0 Å². The maximum absolute atomic E-state index is 11.9. The molecule has 0 spiro atoms. The predicted molar refractivity (Wildman–Crippen MR) is 57.1 cm³/mol. The van der Waals surface area contributed by atoms with Crippen molar-refractivity contribution in [3.8, 4) is 0 Å². The third-order valence-electron chi connectivity index (χ3n) is 2.23. The van der Waals surface area contributed by atoms with E-state index in [4.69, 9.17) is 0 Å². The lowest BCUT2D eigenvalue weighted by molar-refractivity contribution is 0.0970. The molecule has 0 unspecified atom stereocenters. The van der Waals surface area contributed by atoms with E-state index in [1.54, 1.807) is 0 Å². The zero-order valence-corrected chi connectivity index (χ0v) is 8.86. The number of Topliss-reactive ketones (excluding diaryl/α,β-unsaturated/α-hetero) is 1. The van der Waals surface area contributed by atoms with Crippen molar-refractivity contribution in [2.45, 2.75) is 13.3 Å². The molecule has 82 valence electrons. The molecule has 1 N–H and O–H groups in total. The van der Waals surface area contributed by atoms with Gasteiger partial charge in [-0.2, -0.15) is 0 Å². The van der Waals surface area contributed by atoms with Gasteiger partial charge in [0, 0.05) is 25.0 Å². The minimum Gasteiger partial charge on any atom is -0.382 e. The van der Waals surface area contributed by atoms with E-state index in [2.05, 4.69) is 15.3 Å². The lowest BCUT2D eigenvalue weighted by atomic mass is 10.0. The fraction of sp³-hybridized carbons (Fsp3) is 0.273. The van der Waals surface area contributed by atoms with Crippen molar-refractivity contribution in [2.24, 2.45) is 0 Å². The number of hydrogen-bond acceptors (Lipinski definition) is 5. The molecule has 1 aliphatic carbocycles. The summed E-state index contributed by atoms with van der Waals surface area (Å²) >= 11 is 0. The number of carbonyl (C=O) groups excluding carboxylic acids is 2. The molecule has 1 aliphatic rings. The van der Waals surface area contributed by atoms with E-state index >= 15 is 0 Å². The Labute approximate surface area is 92.6 Å². The first-order chi connectivity index (χ1) is 7.74. The van der Waals surface area contributed by atoms with Crippen molar-refractivity contribution in [3.63, 3.8) is 0 Å². The average Bonchev–Trinajstić information content (AvgIpc) is 2.32. The van der Waals surface area contributed by atoms with Crippen LogP contribution in [0.4, 0.5) is 0 Å². The minimum atomic E-state index is -0.277. The summed E-state index contributed by atoms with van der Waals surface area (Å²) in [5.74, 6) is -0.544. The van der Waals surface area contributed by atoms with Gasteiger partial charge in [0.15, 0.2) is 0 Å². The van der Waals surface area contributed by atoms with Crippen molar-refractivity contribution in [1.29, 1.82) is 0 Å². The first kappa shape index (κ1) is 10.5. The van der Waals surface area contributed by atoms with Gasteiger partial charge in [0.2, 0.25) is 11.6 Å². The molecule has 0 atom stereocenters. The minimum absolute atomic E-state index is 0.133. The SMILES string of the molecule is CCCNC1=CC(=O)c2nccnc2C1=O. The Kier molecular flexibility index (Phi) is 2.76. The van der Waals surface area contributed by atoms with Crippen LogP contribution in [0.5, 0.6) is 0 Å². The first-order valence-electron chi connectivity index (χ1n) is 5.09. The fourth-order valence-corrected chi connectivity index (χ4v) is 1.47. The van der Waals surface area contributed by atoms with Crippen LogP contribution in [0.2, 0.25) is 0 Å². The van der Waals surface area contributed by atoms with E-state index < -0.39 is 0 Å². The van der Waals surface area contributed by atoms with Crippen LogP contribution in [0.3, 0.4) is 0 Å². The molecule has 0 aliphatic heterocycles. The number of hydrogen-bond donors (Lipinski definition) is 1. The van der Waals surface area contributed by atoms with E-state index in [9.17, 15) is 9.59 Å². The van der Waals surface area contributed by atoms with Crippen LogP contribution >= 0.6 is 0 Å². The van der Waals surface area contributed by atoms with Crippen LogP contribution < -0.4 is 5.32 Å². The first-order valence-corrected chi connectivity index (χ1v) is 5.09. The summed E-state index contributed by atoms with van der Waals surface area (Å²) in [4.78, 5) is 31.3. The largest absolute Gasteiger partial charge is 0.382 e. The van der Waals surface area contributed by atoms with Crippen molar-refractivity contribution in [2.75, 3.05) is 6.54 Å². The van der Waals surface area contributed by atoms with E-state index in [1.807, 2.05) is 6.92 Å². The van der Waals surface area contributed by atoms with Gasteiger partial charge < -0.3 is 5.32 Å². The quantitative estimate of drug-likeness (QED) is 0.808.